The lowest BCUT2D eigenvalue weighted by Crippen LogP contribution is -2.28. The van der Waals surface area contributed by atoms with Crippen molar-refractivity contribution in [2.75, 3.05) is 13.2 Å². The van der Waals surface area contributed by atoms with Gasteiger partial charge in [0.2, 0.25) is 0 Å². The van der Waals surface area contributed by atoms with E-state index in [1.54, 1.807) is 44.2 Å². The van der Waals surface area contributed by atoms with Gasteiger partial charge in [-0.2, -0.15) is 0 Å². The molecule has 0 saturated carbocycles. The number of fused-ring (bicyclic) bond motifs is 1. The molecule has 0 fully saturated rings. The molecule has 3 aromatic rings. The maximum atomic E-state index is 13.5. The summed E-state index contributed by atoms with van der Waals surface area (Å²) in [5, 5.41) is -0.0655. The molecule has 0 aliphatic heterocycles. The van der Waals surface area contributed by atoms with Gasteiger partial charge in [-0.25, -0.2) is 13.6 Å². The van der Waals surface area contributed by atoms with Crippen molar-refractivity contribution in [3.63, 3.8) is 0 Å². The summed E-state index contributed by atoms with van der Waals surface area (Å²) in [6.45, 7) is 3.97. The van der Waals surface area contributed by atoms with Crippen molar-refractivity contribution in [3.8, 4) is 5.75 Å². The number of nitrogens with one attached hydrogen (secondary N) is 1. The van der Waals surface area contributed by atoms with Crippen molar-refractivity contribution >= 4 is 22.7 Å². The Morgan fingerprint density at radius 2 is 1.84 bits per heavy atom. The van der Waals surface area contributed by atoms with E-state index in [0.29, 0.717) is 28.8 Å². The van der Waals surface area contributed by atoms with E-state index in [2.05, 4.69) is 4.98 Å². The van der Waals surface area contributed by atoms with Crippen molar-refractivity contribution in [3.05, 3.63) is 63.2 Å². The lowest BCUT2D eigenvalue weighted by atomic mass is 10.1. The second-order valence-electron chi connectivity index (χ2n) is 7.11. The van der Waals surface area contributed by atoms with Crippen molar-refractivity contribution in [2.24, 2.45) is 0 Å². The van der Waals surface area contributed by atoms with E-state index in [0.717, 1.165) is 0 Å². The van der Waals surface area contributed by atoms with Crippen LogP contribution in [0.1, 0.15) is 46.0 Å². The van der Waals surface area contributed by atoms with Crippen LogP contribution in [0, 0.1) is 6.92 Å². The summed E-state index contributed by atoms with van der Waals surface area (Å²) in [4.78, 5) is 41.5. The number of carbonyl (C=O) groups is 2. The lowest BCUT2D eigenvalue weighted by Gasteiger charge is -2.15. The lowest BCUT2D eigenvalue weighted by molar-refractivity contribution is 0.0503. The predicted octanol–water partition coefficient (Wildman–Crippen LogP) is 3.90. The first-order valence-electron chi connectivity index (χ1n) is 10.2. The van der Waals surface area contributed by atoms with Gasteiger partial charge >= 0.3 is 5.97 Å². The molecule has 1 aromatic carbocycles. The molecule has 32 heavy (non-hydrogen) atoms. The fourth-order valence-electron chi connectivity index (χ4n) is 3.69. The standard InChI is InChI=1S/C23H24F2N2O5/c1-4-15-13(3)19-18(21(32-12-17(24)25)20(26-19)23(30)31-5-2)22(29)27(15)11-16(28)14-9-7-6-8-10-14/h6-10,17,26H,4-5,11-12H2,1-3H3. The van der Waals surface area contributed by atoms with Gasteiger partial charge in [-0.1, -0.05) is 37.3 Å². The Hall–Kier alpha value is -3.49. The minimum absolute atomic E-state index is 0.0531. The van der Waals surface area contributed by atoms with E-state index < -0.39 is 24.6 Å². The van der Waals surface area contributed by atoms with Gasteiger partial charge in [0.1, 0.15) is 12.0 Å². The minimum atomic E-state index is -2.81. The molecule has 0 unspecified atom stereocenters. The summed E-state index contributed by atoms with van der Waals surface area (Å²) < 4.78 is 37.2. The van der Waals surface area contributed by atoms with Gasteiger partial charge in [-0.15, -0.1) is 0 Å². The smallest absolute Gasteiger partial charge is 0.358 e. The first-order chi connectivity index (χ1) is 15.3. The molecule has 0 spiro atoms. The number of alkyl halides is 2. The number of nitrogens with zero attached hydrogens (tertiary/aromatic N) is 1. The van der Waals surface area contributed by atoms with Crippen LogP contribution in [0.5, 0.6) is 5.75 Å². The van der Waals surface area contributed by atoms with E-state index in [9.17, 15) is 23.2 Å². The number of carbonyl (C=O) groups excluding carboxylic acids is 2. The number of pyridine rings is 1. The molecule has 0 bridgehead atoms. The van der Waals surface area contributed by atoms with Crippen LogP contribution in [-0.2, 0) is 17.7 Å². The van der Waals surface area contributed by atoms with Gasteiger partial charge in [-0.05, 0) is 25.8 Å². The molecule has 2 aromatic heterocycles. The highest BCUT2D eigenvalue weighted by atomic mass is 19.3. The number of aromatic nitrogens is 2. The molecular weight excluding hydrogens is 422 g/mol. The highest BCUT2D eigenvalue weighted by Crippen LogP contribution is 2.32. The number of H-pyrrole nitrogens is 1. The normalized spacial score (nSPS) is 11.2. The van der Waals surface area contributed by atoms with Crippen LogP contribution in [0.4, 0.5) is 8.78 Å². The number of Topliss-reactive ketones (excluding diaryl/α,β-unsaturated/α-hetero) is 1. The van der Waals surface area contributed by atoms with Crippen molar-refractivity contribution < 1.29 is 27.8 Å². The van der Waals surface area contributed by atoms with Crippen LogP contribution >= 0.6 is 0 Å². The summed E-state index contributed by atoms with van der Waals surface area (Å²) in [6, 6.07) is 8.52. The van der Waals surface area contributed by atoms with Crippen LogP contribution in [0.25, 0.3) is 10.9 Å². The van der Waals surface area contributed by atoms with Crippen LogP contribution < -0.4 is 10.3 Å². The number of hydrogen-bond acceptors (Lipinski definition) is 5. The molecule has 0 saturated heterocycles. The topological polar surface area (TPSA) is 90.4 Å². The number of halogens is 2. The zero-order valence-corrected chi connectivity index (χ0v) is 18.0. The van der Waals surface area contributed by atoms with Crippen molar-refractivity contribution in [2.45, 2.75) is 40.2 Å². The van der Waals surface area contributed by atoms with Gasteiger partial charge < -0.3 is 19.0 Å². The van der Waals surface area contributed by atoms with Crippen LogP contribution in [0.2, 0.25) is 0 Å². The summed E-state index contributed by atoms with van der Waals surface area (Å²) in [7, 11) is 0. The predicted molar refractivity (Wildman–Crippen MR) is 115 cm³/mol. The van der Waals surface area contributed by atoms with Crippen molar-refractivity contribution in [1.82, 2.24) is 9.55 Å². The van der Waals surface area contributed by atoms with E-state index in [1.165, 1.54) is 4.57 Å². The molecule has 2 heterocycles. The highest BCUT2D eigenvalue weighted by molar-refractivity contribution is 6.02. The van der Waals surface area contributed by atoms with Crippen LogP contribution in [-0.4, -0.2) is 40.9 Å². The highest BCUT2D eigenvalue weighted by Gasteiger charge is 2.27. The Morgan fingerprint density at radius 3 is 2.44 bits per heavy atom. The van der Waals surface area contributed by atoms with Gasteiger partial charge in [0.15, 0.2) is 17.2 Å². The van der Waals surface area contributed by atoms with Crippen LogP contribution in [0.3, 0.4) is 0 Å². The second kappa shape index (κ2) is 9.76. The third kappa shape index (κ3) is 4.42. The monoisotopic (exact) mass is 446 g/mol. The number of hydrogen-bond donors (Lipinski definition) is 1. The zero-order valence-electron chi connectivity index (χ0n) is 18.0. The maximum absolute atomic E-state index is 13.5. The number of aryl methyl sites for hydroxylation is 1. The Morgan fingerprint density at radius 1 is 1.16 bits per heavy atom. The van der Waals surface area contributed by atoms with Gasteiger partial charge in [0.05, 0.1) is 18.7 Å². The maximum Gasteiger partial charge on any atom is 0.358 e. The molecule has 170 valence electrons. The second-order valence-corrected chi connectivity index (χ2v) is 7.11. The Balaban J connectivity index is 2.23. The van der Waals surface area contributed by atoms with E-state index in [-0.39, 0.29) is 35.8 Å². The van der Waals surface area contributed by atoms with E-state index in [4.69, 9.17) is 9.47 Å². The summed E-state index contributed by atoms with van der Waals surface area (Å²) >= 11 is 0. The Kier molecular flexibility index (Phi) is 7.07. The average molecular weight is 446 g/mol. The van der Waals surface area contributed by atoms with Gasteiger partial charge in [0, 0.05) is 11.3 Å². The first kappa shape index (κ1) is 23.2. The van der Waals surface area contributed by atoms with Crippen molar-refractivity contribution in [1.29, 1.82) is 0 Å². The number of ether oxygens (including phenoxy) is 2. The molecule has 1 N–H and O–H groups in total. The number of rotatable bonds is 9. The largest absolute Gasteiger partial charge is 0.484 e. The number of benzene rings is 1. The number of aromatic amines is 1. The molecule has 0 radical (unpaired) electrons. The van der Waals surface area contributed by atoms with E-state index >= 15 is 0 Å². The summed E-state index contributed by atoms with van der Waals surface area (Å²) in [6.07, 6.45) is -2.38. The van der Waals surface area contributed by atoms with Crippen LogP contribution in [0.15, 0.2) is 35.1 Å². The van der Waals surface area contributed by atoms with Gasteiger partial charge in [0.25, 0.3) is 12.0 Å². The molecule has 0 aliphatic rings. The number of ketones is 1. The zero-order chi connectivity index (χ0) is 23.4. The summed E-state index contributed by atoms with van der Waals surface area (Å²) in [5.41, 5.74) is 1.11. The number of esters is 1. The molecule has 3 rings (SSSR count). The molecule has 7 nitrogen and oxygen atoms in total. The minimum Gasteiger partial charge on any atom is -0.484 e. The molecule has 0 atom stereocenters. The Bertz CT molecular complexity index is 1200. The quantitative estimate of drug-likeness (QED) is 0.398. The molecule has 0 aliphatic carbocycles. The third-order valence-corrected chi connectivity index (χ3v) is 5.11. The fourth-order valence-corrected chi connectivity index (χ4v) is 3.69. The van der Waals surface area contributed by atoms with E-state index in [1.807, 2.05) is 6.92 Å². The van der Waals surface area contributed by atoms with Gasteiger partial charge in [-0.3, -0.25) is 9.59 Å². The first-order valence-corrected chi connectivity index (χ1v) is 10.2. The SMILES string of the molecule is CCOC(=O)c1[nH]c2c(C)c(CC)n(CC(=O)c3ccccc3)c(=O)c2c1OCC(F)F. The molecule has 0 amide bonds. The fraction of sp³-hybridized carbons (Fsp3) is 0.348. The third-order valence-electron chi connectivity index (χ3n) is 5.11. The average Bonchev–Trinajstić information content (AvgIpc) is 3.17. The Labute approximate surface area is 183 Å². The molecular formula is C23H24F2N2O5. The molecule has 9 heteroatoms. The summed E-state index contributed by atoms with van der Waals surface area (Å²) in [5.74, 6) is -1.40.